The Hall–Kier alpha value is -3.00. The summed E-state index contributed by atoms with van der Waals surface area (Å²) in [7, 11) is 7.02. The molecule has 0 aliphatic rings. The number of guanidine groups is 1. The van der Waals surface area contributed by atoms with Crippen molar-refractivity contribution in [1.82, 2.24) is 15.2 Å². The Labute approximate surface area is 168 Å². The van der Waals surface area contributed by atoms with Crippen LogP contribution in [0.15, 0.2) is 51.4 Å². The SMILES string of the molecule is CN=C(NCc1coc(-c2cccs2)n1)N(C)Cc1ccc(OC)cc1OC. The van der Waals surface area contributed by atoms with Gasteiger partial charge in [0, 0.05) is 32.3 Å². The second-order valence-electron chi connectivity index (χ2n) is 6.06. The van der Waals surface area contributed by atoms with Gasteiger partial charge in [-0.1, -0.05) is 6.07 Å². The molecule has 0 fully saturated rings. The molecule has 3 aromatic rings. The Morgan fingerprint density at radius 2 is 2.14 bits per heavy atom. The van der Waals surface area contributed by atoms with Crippen LogP contribution in [0.1, 0.15) is 11.3 Å². The van der Waals surface area contributed by atoms with Crippen LogP contribution in [0.2, 0.25) is 0 Å². The normalized spacial score (nSPS) is 11.4. The molecule has 0 bridgehead atoms. The molecule has 3 rings (SSSR count). The van der Waals surface area contributed by atoms with E-state index in [9.17, 15) is 0 Å². The fourth-order valence-electron chi connectivity index (χ4n) is 2.77. The highest BCUT2D eigenvalue weighted by atomic mass is 32.1. The van der Waals surface area contributed by atoms with E-state index in [0.717, 1.165) is 33.6 Å². The smallest absolute Gasteiger partial charge is 0.236 e. The Morgan fingerprint density at radius 1 is 1.29 bits per heavy atom. The second-order valence-corrected chi connectivity index (χ2v) is 7.00. The van der Waals surface area contributed by atoms with Crippen molar-refractivity contribution in [1.29, 1.82) is 0 Å². The predicted octanol–water partition coefficient (Wildman–Crippen LogP) is 3.63. The van der Waals surface area contributed by atoms with Crippen LogP contribution < -0.4 is 14.8 Å². The summed E-state index contributed by atoms with van der Waals surface area (Å²) in [4.78, 5) is 11.9. The van der Waals surface area contributed by atoms with E-state index in [2.05, 4.69) is 15.3 Å². The number of benzene rings is 1. The molecule has 0 atom stereocenters. The maximum absolute atomic E-state index is 5.56. The number of nitrogens with one attached hydrogen (secondary N) is 1. The van der Waals surface area contributed by atoms with Gasteiger partial charge < -0.3 is 24.1 Å². The van der Waals surface area contributed by atoms with Crippen LogP contribution in [-0.4, -0.2) is 44.2 Å². The highest BCUT2D eigenvalue weighted by Crippen LogP contribution is 2.26. The zero-order valence-electron chi connectivity index (χ0n) is 16.4. The summed E-state index contributed by atoms with van der Waals surface area (Å²) in [6.07, 6.45) is 1.67. The monoisotopic (exact) mass is 400 g/mol. The average molecular weight is 401 g/mol. The number of aromatic nitrogens is 1. The fourth-order valence-corrected chi connectivity index (χ4v) is 3.42. The topological polar surface area (TPSA) is 72.1 Å². The van der Waals surface area contributed by atoms with Gasteiger partial charge >= 0.3 is 0 Å². The zero-order valence-corrected chi connectivity index (χ0v) is 17.2. The molecular formula is C20H24N4O3S. The maximum atomic E-state index is 5.56. The molecule has 0 saturated heterocycles. The summed E-state index contributed by atoms with van der Waals surface area (Å²) in [6.45, 7) is 1.15. The molecule has 0 amide bonds. The lowest BCUT2D eigenvalue weighted by atomic mass is 10.2. The zero-order chi connectivity index (χ0) is 19.9. The first-order chi connectivity index (χ1) is 13.6. The molecule has 0 unspecified atom stereocenters. The lowest BCUT2D eigenvalue weighted by molar-refractivity contribution is 0.382. The minimum atomic E-state index is 0.519. The van der Waals surface area contributed by atoms with Crippen LogP contribution >= 0.6 is 11.3 Å². The summed E-state index contributed by atoms with van der Waals surface area (Å²) in [5.41, 5.74) is 1.86. The molecule has 1 N–H and O–H groups in total. The second kappa shape index (κ2) is 9.27. The predicted molar refractivity (Wildman–Crippen MR) is 111 cm³/mol. The molecule has 148 valence electrons. The van der Waals surface area contributed by atoms with E-state index in [1.54, 1.807) is 38.9 Å². The molecule has 28 heavy (non-hydrogen) atoms. The van der Waals surface area contributed by atoms with Crippen molar-refractivity contribution < 1.29 is 13.9 Å². The van der Waals surface area contributed by atoms with Crippen LogP contribution in [0.3, 0.4) is 0 Å². The first kappa shape index (κ1) is 19.8. The summed E-state index contributed by atoms with van der Waals surface area (Å²) < 4.78 is 16.3. The number of hydrogen-bond donors (Lipinski definition) is 1. The molecule has 0 aliphatic heterocycles. The minimum absolute atomic E-state index is 0.519. The van der Waals surface area contributed by atoms with E-state index in [1.807, 2.05) is 47.7 Å². The van der Waals surface area contributed by atoms with Crippen LogP contribution in [-0.2, 0) is 13.1 Å². The molecule has 0 saturated carbocycles. The number of rotatable bonds is 7. The molecule has 0 radical (unpaired) electrons. The molecule has 8 heteroatoms. The van der Waals surface area contributed by atoms with Gasteiger partial charge in [-0.05, 0) is 23.6 Å². The van der Waals surface area contributed by atoms with Crippen molar-refractivity contribution in [3.05, 3.63) is 53.2 Å². The number of nitrogens with zero attached hydrogens (tertiary/aromatic N) is 3. The summed E-state index contributed by atoms with van der Waals surface area (Å²) >= 11 is 1.60. The summed E-state index contributed by atoms with van der Waals surface area (Å²) in [5, 5.41) is 5.32. The van der Waals surface area contributed by atoms with E-state index < -0.39 is 0 Å². The standard InChI is InChI=1S/C20H24N4O3S/c1-21-20(22-11-15-13-27-19(23-15)18-6-5-9-28-18)24(2)12-14-7-8-16(25-3)10-17(14)26-4/h5-10,13H,11-12H2,1-4H3,(H,21,22). The Balaban J connectivity index is 1.62. The van der Waals surface area contributed by atoms with Crippen molar-refractivity contribution in [2.75, 3.05) is 28.3 Å². The molecular weight excluding hydrogens is 376 g/mol. The number of oxazole rings is 1. The van der Waals surface area contributed by atoms with E-state index in [-0.39, 0.29) is 0 Å². The third kappa shape index (κ3) is 4.64. The van der Waals surface area contributed by atoms with Crippen LogP contribution in [0.5, 0.6) is 11.5 Å². The minimum Gasteiger partial charge on any atom is -0.497 e. The van der Waals surface area contributed by atoms with Crippen molar-refractivity contribution in [3.63, 3.8) is 0 Å². The number of hydrogen-bond acceptors (Lipinski definition) is 6. The third-order valence-electron chi connectivity index (χ3n) is 4.19. The average Bonchev–Trinajstić information content (AvgIpc) is 3.40. The summed E-state index contributed by atoms with van der Waals surface area (Å²) in [6, 6.07) is 9.76. The van der Waals surface area contributed by atoms with Crippen molar-refractivity contribution >= 4 is 17.3 Å². The largest absolute Gasteiger partial charge is 0.497 e. The van der Waals surface area contributed by atoms with Crippen LogP contribution in [0.25, 0.3) is 10.8 Å². The van der Waals surface area contributed by atoms with Gasteiger partial charge in [-0.3, -0.25) is 4.99 Å². The molecule has 1 aromatic carbocycles. The Bertz CT molecular complexity index is 921. The van der Waals surface area contributed by atoms with Crippen molar-refractivity contribution in [2.45, 2.75) is 13.1 Å². The first-order valence-corrected chi connectivity index (χ1v) is 9.63. The van der Waals surface area contributed by atoms with Gasteiger partial charge in [-0.25, -0.2) is 4.98 Å². The van der Waals surface area contributed by atoms with Crippen molar-refractivity contribution in [2.24, 2.45) is 4.99 Å². The highest BCUT2D eigenvalue weighted by molar-refractivity contribution is 7.13. The van der Waals surface area contributed by atoms with E-state index in [1.165, 1.54) is 0 Å². The lowest BCUT2D eigenvalue weighted by Crippen LogP contribution is -2.38. The number of methoxy groups -OCH3 is 2. The highest BCUT2D eigenvalue weighted by Gasteiger charge is 2.13. The van der Waals surface area contributed by atoms with E-state index >= 15 is 0 Å². The molecule has 2 aromatic heterocycles. The number of aliphatic imine (C=N–C) groups is 1. The van der Waals surface area contributed by atoms with Crippen LogP contribution in [0.4, 0.5) is 0 Å². The number of ether oxygens (including phenoxy) is 2. The van der Waals surface area contributed by atoms with Gasteiger partial charge in [0.25, 0.3) is 0 Å². The van der Waals surface area contributed by atoms with Gasteiger partial charge in [-0.15, -0.1) is 11.3 Å². The Morgan fingerprint density at radius 3 is 2.82 bits per heavy atom. The molecule has 2 heterocycles. The quantitative estimate of drug-likeness (QED) is 0.482. The first-order valence-electron chi connectivity index (χ1n) is 8.75. The molecule has 0 spiro atoms. The number of thiophene rings is 1. The van der Waals surface area contributed by atoms with Gasteiger partial charge in [0.15, 0.2) is 5.96 Å². The Kier molecular flexibility index (Phi) is 6.54. The van der Waals surface area contributed by atoms with Gasteiger partial charge in [0.05, 0.1) is 31.3 Å². The molecule has 0 aliphatic carbocycles. The van der Waals surface area contributed by atoms with Gasteiger partial charge in [0.1, 0.15) is 17.8 Å². The van der Waals surface area contributed by atoms with Crippen molar-refractivity contribution in [3.8, 4) is 22.3 Å². The van der Waals surface area contributed by atoms with Gasteiger partial charge in [-0.2, -0.15) is 0 Å². The lowest BCUT2D eigenvalue weighted by Gasteiger charge is -2.23. The van der Waals surface area contributed by atoms with Gasteiger partial charge in [0.2, 0.25) is 5.89 Å². The maximum Gasteiger partial charge on any atom is 0.236 e. The van der Waals surface area contributed by atoms with Crippen LogP contribution in [0, 0.1) is 0 Å². The third-order valence-corrected chi connectivity index (χ3v) is 5.04. The molecule has 7 nitrogen and oxygen atoms in total. The summed E-state index contributed by atoms with van der Waals surface area (Å²) in [5.74, 6) is 2.92. The van der Waals surface area contributed by atoms with E-state index in [0.29, 0.717) is 19.0 Å². The van der Waals surface area contributed by atoms with E-state index in [4.69, 9.17) is 13.9 Å². The fraction of sp³-hybridized carbons (Fsp3) is 0.300.